The van der Waals surface area contributed by atoms with E-state index in [0.29, 0.717) is 12.8 Å². The first kappa shape index (κ1) is 18.0. The second kappa shape index (κ2) is 6.81. The van der Waals surface area contributed by atoms with Crippen LogP contribution in [-0.2, 0) is 10.8 Å². The van der Waals surface area contributed by atoms with Crippen molar-refractivity contribution >= 4 is 0 Å². The highest BCUT2D eigenvalue weighted by molar-refractivity contribution is 5.52. The zero-order valence-corrected chi connectivity index (χ0v) is 15.4. The maximum Gasteiger partial charge on any atom is 0.0891 e. The van der Waals surface area contributed by atoms with E-state index >= 15 is 0 Å². The minimum Gasteiger partial charge on any atom is -0.197 e. The van der Waals surface area contributed by atoms with Crippen molar-refractivity contribution in [1.29, 1.82) is 10.5 Å². The summed E-state index contributed by atoms with van der Waals surface area (Å²) in [5.74, 6) is -0.000544. The van der Waals surface area contributed by atoms with Gasteiger partial charge in [0, 0.05) is 11.8 Å². The van der Waals surface area contributed by atoms with E-state index in [9.17, 15) is 10.5 Å². The lowest BCUT2D eigenvalue weighted by atomic mass is 9.68. The van der Waals surface area contributed by atoms with E-state index < -0.39 is 10.8 Å². The lowest BCUT2D eigenvalue weighted by Crippen LogP contribution is -2.33. The number of hydrogen-bond donors (Lipinski definition) is 0. The molecule has 2 nitrogen and oxygen atoms in total. The van der Waals surface area contributed by atoms with Crippen LogP contribution in [0.1, 0.15) is 37.8 Å². The standard InChI is InChI=1S/C24H24N2/c1-4-23(16-25,19-12-8-6-9-13-19)21-18(3)22(21)24(5-2,17-26)20-14-10-7-11-15-20/h6-15,21-22H,3-5H2,1-2H3. The maximum atomic E-state index is 10.2. The van der Waals surface area contributed by atoms with Crippen LogP contribution in [0.5, 0.6) is 0 Å². The average molecular weight is 340 g/mol. The van der Waals surface area contributed by atoms with Gasteiger partial charge in [0.05, 0.1) is 23.0 Å². The lowest BCUT2D eigenvalue weighted by Gasteiger charge is -2.31. The summed E-state index contributed by atoms with van der Waals surface area (Å²) in [6.45, 7) is 8.42. The van der Waals surface area contributed by atoms with Gasteiger partial charge in [-0.1, -0.05) is 86.7 Å². The zero-order chi connectivity index (χ0) is 18.8. The summed E-state index contributed by atoms with van der Waals surface area (Å²) in [5.41, 5.74) is 1.82. The third kappa shape index (κ3) is 2.46. The lowest BCUT2D eigenvalue weighted by molar-refractivity contribution is 0.364. The summed E-state index contributed by atoms with van der Waals surface area (Å²) in [4.78, 5) is 0. The molecule has 0 radical (unpaired) electrons. The van der Waals surface area contributed by atoms with E-state index in [2.05, 4.69) is 32.6 Å². The Bertz CT molecular complexity index is 798. The first-order valence-electron chi connectivity index (χ1n) is 9.23. The van der Waals surface area contributed by atoms with Gasteiger partial charge in [-0.15, -0.1) is 0 Å². The first-order valence-corrected chi connectivity index (χ1v) is 9.23. The molecule has 0 saturated heterocycles. The Morgan fingerprint density at radius 3 is 1.38 bits per heavy atom. The molecule has 2 heteroatoms. The molecule has 0 aromatic heterocycles. The Labute approximate surface area is 156 Å². The molecule has 1 aliphatic carbocycles. The second-order valence-corrected chi connectivity index (χ2v) is 7.14. The van der Waals surface area contributed by atoms with Crippen molar-refractivity contribution in [3.8, 4) is 12.1 Å². The molecule has 1 saturated carbocycles. The Balaban J connectivity index is 2.10. The molecule has 4 atom stereocenters. The van der Waals surface area contributed by atoms with Gasteiger partial charge in [0.15, 0.2) is 0 Å². The maximum absolute atomic E-state index is 10.2. The number of rotatable bonds is 6. The van der Waals surface area contributed by atoms with Crippen molar-refractivity contribution in [3.05, 3.63) is 83.9 Å². The van der Waals surface area contributed by atoms with Gasteiger partial charge in [-0.2, -0.15) is 10.5 Å². The minimum absolute atomic E-state index is 0.000272. The molecule has 2 aromatic rings. The Kier molecular flexibility index (Phi) is 4.71. The van der Waals surface area contributed by atoms with Gasteiger partial charge in [-0.05, 0) is 24.0 Å². The third-order valence-corrected chi connectivity index (χ3v) is 6.18. The molecule has 1 fully saturated rings. The van der Waals surface area contributed by atoms with Crippen LogP contribution >= 0.6 is 0 Å². The fourth-order valence-corrected chi connectivity index (χ4v) is 4.62. The van der Waals surface area contributed by atoms with Crippen molar-refractivity contribution in [2.75, 3.05) is 0 Å². The largest absolute Gasteiger partial charge is 0.197 e. The molecule has 26 heavy (non-hydrogen) atoms. The molecular formula is C24H24N2. The van der Waals surface area contributed by atoms with Crippen LogP contribution in [0.25, 0.3) is 0 Å². The van der Waals surface area contributed by atoms with Gasteiger partial charge in [0.25, 0.3) is 0 Å². The molecule has 0 bridgehead atoms. The fourth-order valence-electron chi connectivity index (χ4n) is 4.62. The predicted molar refractivity (Wildman–Crippen MR) is 104 cm³/mol. The summed E-state index contributed by atoms with van der Waals surface area (Å²) >= 11 is 0. The summed E-state index contributed by atoms with van der Waals surface area (Å²) < 4.78 is 0. The van der Waals surface area contributed by atoms with E-state index in [1.165, 1.54) is 0 Å². The van der Waals surface area contributed by atoms with Crippen LogP contribution in [0, 0.1) is 34.5 Å². The Morgan fingerprint density at radius 1 is 0.769 bits per heavy atom. The molecule has 130 valence electrons. The van der Waals surface area contributed by atoms with Gasteiger partial charge in [0.1, 0.15) is 0 Å². The van der Waals surface area contributed by atoms with Crippen molar-refractivity contribution in [3.63, 3.8) is 0 Å². The minimum atomic E-state index is -0.630. The van der Waals surface area contributed by atoms with Crippen LogP contribution in [0.15, 0.2) is 72.8 Å². The highest BCUT2D eigenvalue weighted by Gasteiger charge is 2.64. The van der Waals surface area contributed by atoms with Crippen molar-refractivity contribution in [2.24, 2.45) is 11.8 Å². The summed E-state index contributed by atoms with van der Waals surface area (Å²) in [6, 6.07) is 25.2. The van der Waals surface area contributed by atoms with Crippen molar-refractivity contribution < 1.29 is 0 Å². The van der Waals surface area contributed by atoms with E-state index in [0.717, 1.165) is 16.7 Å². The van der Waals surface area contributed by atoms with Gasteiger partial charge < -0.3 is 0 Å². The monoisotopic (exact) mass is 340 g/mol. The second-order valence-electron chi connectivity index (χ2n) is 7.14. The van der Waals surface area contributed by atoms with Crippen LogP contribution in [0.2, 0.25) is 0 Å². The van der Waals surface area contributed by atoms with Crippen LogP contribution < -0.4 is 0 Å². The average Bonchev–Trinajstić information content (AvgIpc) is 3.38. The molecule has 0 aliphatic heterocycles. The van der Waals surface area contributed by atoms with Gasteiger partial charge >= 0.3 is 0 Å². The Morgan fingerprint density at radius 2 is 1.12 bits per heavy atom. The normalized spacial score (nSPS) is 23.2. The fraction of sp³-hybridized carbons (Fsp3) is 0.333. The summed E-state index contributed by atoms with van der Waals surface area (Å²) in [5, 5.41) is 20.4. The Hall–Kier alpha value is -2.84. The quantitative estimate of drug-likeness (QED) is 0.649. The topological polar surface area (TPSA) is 47.6 Å². The van der Waals surface area contributed by atoms with Crippen LogP contribution in [-0.4, -0.2) is 0 Å². The highest BCUT2D eigenvalue weighted by Crippen LogP contribution is 2.65. The highest BCUT2D eigenvalue weighted by atomic mass is 14.7. The van der Waals surface area contributed by atoms with E-state index in [1.54, 1.807) is 0 Å². The first-order chi connectivity index (χ1) is 12.6. The van der Waals surface area contributed by atoms with E-state index in [-0.39, 0.29) is 11.8 Å². The summed E-state index contributed by atoms with van der Waals surface area (Å²) in [7, 11) is 0. The van der Waals surface area contributed by atoms with Crippen molar-refractivity contribution in [2.45, 2.75) is 37.5 Å². The molecule has 2 aromatic carbocycles. The van der Waals surface area contributed by atoms with Crippen LogP contribution in [0.4, 0.5) is 0 Å². The molecule has 1 aliphatic rings. The van der Waals surface area contributed by atoms with Crippen molar-refractivity contribution in [1.82, 2.24) is 0 Å². The smallest absolute Gasteiger partial charge is 0.0891 e. The van der Waals surface area contributed by atoms with Gasteiger partial charge in [-0.3, -0.25) is 0 Å². The number of benzene rings is 2. The number of hydrogen-bond acceptors (Lipinski definition) is 2. The summed E-state index contributed by atoms with van der Waals surface area (Å²) in [6.07, 6.45) is 1.40. The molecule has 0 amide bonds. The molecule has 4 unspecified atom stereocenters. The molecule has 3 rings (SSSR count). The van der Waals surface area contributed by atoms with Crippen LogP contribution in [0.3, 0.4) is 0 Å². The SMILES string of the molecule is C=C1C(C(C#N)(CC)c2ccccc2)C1C(C#N)(CC)c1ccccc1. The number of allylic oxidation sites excluding steroid dienone is 1. The molecular weight excluding hydrogens is 316 g/mol. The number of nitrogens with zero attached hydrogens (tertiary/aromatic N) is 2. The van der Waals surface area contributed by atoms with Gasteiger partial charge in [0.2, 0.25) is 0 Å². The molecule has 0 N–H and O–H groups in total. The number of nitriles is 2. The van der Waals surface area contributed by atoms with E-state index in [4.69, 9.17) is 0 Å². The zero-order valence-electron chi connectivity index (χ0n) is 15.4. The van der Waals surface area contributed by atoms with Gasteiger partial charge in [-0.25, -0.2) is 0 Å². The predicted octanol–water partition coefficient (Wildman–Crippen LogP) is 5.53. The third-order valence-electron chi connectivity index (χ3n) is 6.18. The molecule has 0 heterocycles. The van der Waals surface area contributed by atoms with E-state index in [1.807, 2.05) is 60.7 Å². The molecule has 0 spiro atoms.